The summed E-state index contributed by atoms with van der Waals surface area (Å²) in [6.07, 6.45) is 1.11. The molecule has 0 fully saturated rings. The van der Waals surface area contributed by atoms with E-state index in [2.05, 4.69) is 34.2 Å². The van der Waals surface area contributed by atoms with Crippen molar-refractivity contribution in [1.82, 2.24) is 19.6 Å². The average Bonchev–Trinajstić information content (AvgIpc) is 3.15. The molecule has 1 amide bonds. The fraction of sp³-hybridized carbons (Fsp3) is 0.450. The number of carbonyl (C=O) groups is 2. The first-order chi connectivity index (χ1) is 13.2. The first-order valence-corrected chi connectivity index (χ1v) is 9.42. The lowest BCUT2D eigenvalue weighted by molar-refractivity contribution is 0.0922. The number of amides is 1. The molecule has 3 heterocycles. The second-order valence-electron chi connectivity index (χ2n) is 7.82. The highest BCUT2D eigenvalue weighted by Crippen LogP contribution is 2.32. The van der Waals surface area contributed by atoms with Gasteiger partial charge < -0.3 is 4.42 Å². The summed E-state index contributed by atoms with van der Waals surface area (Å²) in [6, 6.07) is 1.94. The summed E-state index contributed by atoms with van der Waals surface area (Å²) < 4.78 is 7.36. The summed E-state index contributed by atoms with van der Waals surface area (Å²) >= 11 is 0. The lowest BCUT2D eigenvalue weighted by Gasteiger charge is -2.22. The SMILES string of the molecule is Cc1cc(C)n2nc(C)c(C(=O)Nc3nc4c(o3)CC(C(C)C)CC4=O)c2n1. The molecule has 4 rings (SSSR count). The molecule has 3 aromatic heterocycles. The van der Waals surface area contributed by atoms with E-state index >= 15 is 0 Å². The van der Waals surface area contributed by atoms with Crippen molar-refractivity contribution < 1.29 is 14.0 Å². The minimum Gasteiger partial charge on any atom is -0.428 e. The average molecular weight is 381 g/mol. The Hall–Kier alpha value is -3.03. The Morgan fingerprint density at radius 2 is 2.00 bits per heavy atom. The first-order valence-electron chi connectivity index (χ1n) is 9.42. The fourth-order valence-electron chi connectivity index (χ4n) is 3.73. The van der Waals surface area contributed by atoms with Crippen LogP contribution in [0.2, 0.25) is 0 Å². The van der Waals surface area contributed by atoms with Crippen LogP contribution in [-0.2, 0) is 6.42 Å². The Kier molecular flexibility index (Phi) is 4.28. The lowest BCUT2D eigenvalue weighted by Crippen LogP contribution is -2.23. The van der Waals surface area contributed by atoms with Crippen LogP contribution in [0.25, 0.3) is 5.65 Å². The van der Waals surface area contributed by atoms with Gasteiger partial charge in [-0.2, -0.15) is 10.1 Å². The molecule has 1 N–H and O–H groups in total. The normalized spacial score (nSPS) is 16.6. The molecule has 8 nitrogen and oxygen atoms in total. The van der Waals surface area contributed by atoms with E-state index in [0.717, 1.165) is 11.4 Å². The Balaban J connectivity index is 1.66. The van der Waals surface area contributed by atoms with E-state index in [-0.39, 0.29) is 17.7 Å². The highest BCUT2D eigenvalue weighted by Gasteiger charge is 2.32. The molecule has 1 aliphatic carbocycles. The Labute approximate surface area is 162 Å². The quantitative estimate of drug-likeness (QED) is 0.747. The molecular weight excluding hydrogens is 358 g/mol. The number of aromatic nitrogens is 4. The zero-order valence-corrected chi connectivity index (χ0v) is 16.7. The number of ketones is 1. The predicted octanol–water partition coefficient (Wildman–Crippen LogP) is 3.30. The van der Waals surface area contributed by atoms with Gasteiger partial charge in [-0.1, -0.05) is 13.8 Å². The molecule has 0 spiro atoms. The number of carbonyl (C=O) groups excluding carboxylic acids is 2. The summed E-state index contributed by atoms with van der Waals surface area (Å²) in [6.45, 7) is 9.72. The van der Waals surface area contributed by atoms with Crippen molar-refractivity contribution in [3.63, 3.8) is 0 Å². The predicted molar refractivity (Wildman–Crippen MR) is 103 cm³/mol. The highest BCUT2D eigenvalue weighted by atomic mass is 16.4. The van der Waals surface area contributed by atoms with Gasteiger partial charge in [0, 0.05) is 24.2 Å². The molecule has 0 aromatic carbocycles. The maximum absolute atomic E-state index is 12.9. The molecular formula is C20H23N5O3. The third-order valence-electron chi connectivity index (χ3n) is 5.32. The van der Waals surface area contributed by atoms with Gasteiger partial charge in [0.1, 0.15) is 17.0 Å². The van der Waals surface area contributed by atoms with Crippen molar-refractivity contribution in [1.29, 1.82) is 0 Å². The maximum Gasteiger partial charge on any atom is 0.302 e. The number of hydrogen-bond acceptors (Lipinski definition) is 6. The van der Waals surface area contributed by atoms with E-state index in [9.17, 15) is 9.59 Å². The van der Waals surface area contributed by atoms with Crippen LogP contribution in [0.15, 0.2) is 10.5 Å². The molecule has 0 saturated carbocycles. The number of nitrogens with one attached hydrogen (secondary N) is 1. The van der Waals surface area contributed by atoms with Gasteiger partial charge in [0.15, 0.2) is 11.4 Å². The van der Waals surface area contributed by atoms with Crippen LogP contribution in [0.3, 0.4) is 0 Å². The van der Waals surface area contributed by atoms with Crippen LogP contribution in [0, 0.1) is 32.6 Å². The van der Waals surface area contributed by atoms with Gasteiger partial charge in [0.05, 0.1) is 5.69 Å². The van der Waals surface area contributed by atoms with Gasteiger partial charge in [0.25, 0.3) is 5.91 Å². The van der Waals surface area contributed by atoms with Crippen molar-refractivity contribution >= 4 is 23.4 Å². The minimum atomic E-state index is -0.406. The van der Waals surface area contributed by atoms with Crippen LogP contribution < -0.4 is 5.32 Å². The topological polar surface area (TPSA) is 102 Å². The number of hydrogen-bond donors (Lipinski definition) is 1. The minimum absolute atomic E-state index is 0.0377. The summed E-state index contributed by atoms with van der Waals surface area (Å²) in [7, 11) is 0. The number of Topliss-reactive ketones (excluding diaryl/α,β-unsaturated/α-hetero) is 1. The van der Waals surface area contributed by atoms with E-state index < -0.39 is 5.91 Å². The van der Waals surface area contributed by atoms with Crippen LogP contribution in [0.5, 0.6) is 0 Å². The van der Waals surface area contributed by atoms with Gasteiger partial charge in [-0.05, 0) is 38.7 Å². The summed E-state index contributed by atoms with van der Waals surface area (Å²) in [5.74, 6) is 0.708. The molecule has 0 bridgehead atoms. The van der Waals surface area contributed by atoms with Crippen molar-refractivity contribution in [3.05, 3.63) is 40.2 Å². The maximum atomic E-state index is 12.9. The van der Waals surface area contributed by atoms with Crippen LogP contribution in [0.4, 0.5) is 6.01 Å². The van der Waals surface area contributed by atoms with Crippen LogP contribution >= 0.6 is 0 Å². The number of anilines is 1. The Morgan fingerprint density at radius 1 is 1.25 bits per heavy atom. The first kappa shape index (κ1) is 18.3. The largest absolute Gasteiger partial charge is 0.428 e. The molecule has 1 atom stereocenters. The summed E-state index contributed by atoms with van der Waals surface area (Å²) in [5.41, 5.74) is 3.44. The van der Waals surface area contributed by atoms with Gasteiger partial charge in [-0.3, -0.25) is 14.9 Å². The van der Waals surface area contributed by atoms with Crippen molar-refractivity contribution in [2.75, 3.05) is 5.32 Å². The van der Waals surface area contributed by atoms with E-state index in [1.54, 1.807) is 11.4 Å². The summed E-state index contributed by atoms with van der Waals surface area (Å²) in [5, 5.41) is 7.09. The van der Waals surface area contributed by atoms with Crippen LogP contribution in [-0.4, -0.2) is 31.3 Å². The number of nitrogens with zero attached hydrogens (tertiary/aromatic N) is 4. The smallest absolute Gasteiger partial charge is 0.302 e. The zero-order chi connectivity index (χ0) is 20.2. The van der Waals surface area contributed by atoms with Crippen molar-refractivity contribution in [3.8, 4) is 0 Å². The van der Waals surface area contributed by atoms with Crippen molar-refractivity contribution in [2.24, 2.45) is 11.8 Å². The molecule has 1 aliphatic rings. The van der Waals surface area contributed by atoms with Gasteiger partial charge in [0.2, 0.25) is 0 Å². The molecule has 0 radical (unpaired) electrons. The second kappa shape index (κ2) is 6.54. The van der Waals surface area contributed by atoms with Gasteiger partial charge in [-0.15, -0.1) is 0 Å². The fourth-order valence-corrected chi connectivity index (χ4v) is 3.73. The van der Waals surface area contributed by atoms with Crippen LogP contribution in [0.1, 0.15) is 64.0 Å². The third-order valence-corrected chi connectivity index (χ3v) is 5.32. The molecule has 8 heteroatoms. The van der Waals surface area contributed by atoms with E-state index in [4.69, 9.17) is 4.42 Å². The van der Waals surface area contributed by atoms with E-state index in [1.165, 1.54) is 0 Å². The Morgan fingerprint density at radius 3 is 2.71 bits per heavy atom. The zero-order valence-electron chi connectivity index (χ0n) is 16.7. The standard InChI is InChI=1S/C20H23N5O3/c1-9(2)13-7-14(26)17-15(8-13)28-20(22-17)23-19(27)16-12(5)24-25-11(4)6-10(3)21-18(16)25/h6,9,13H,7-8H2,1-5H3,(H,22,23,27). The van der Waals surface area contributed by atoms with E-state index in [0.29, 0.717) is 47.1 Å². The second-order valence-corrected chi connectivity index (χ2v) is 7.82. The molecule has 1 unspecified atom stereocenters. The highest BCUT2D eigenvalue weighted by molar-refractivity contribution is 6.08. The third kappa shape index (κ3) is 2.98. The van der Waals surface area contributed by atoms with E-state index in [1.807, 2.05) is 19.9 Å². The molecule has 146 valence electrons. The number of fused-ring (bicyclic) bond motifs is 2. The molecule has 3 aromatic rings. The van der Waals surface area contributed by atoms with Gasteiger partial charge >= 0.3 is 6.01 Å². The van der Waals surface area contributed by atoms with Crippen molar-refractivity contribution in [2.45, 2.75) is 47.5 Å². The Bertz CT molecular complexity index is 1110. The molecule has 28 heavy (non-hydrogen) atoms. The number of rotatable bonds is 3. The number of oxazole rings is 1. The number of aryl methyl sites for hydroxylation is 3. The molecule has 0 aliphatic heterocycles. The lowest BCUT2D eigenvalue weighted by atomic mass is 9.82. The van der Waals surface area contributed by atoms with Gasteiger partial charge in [-0.25, -0.2) is 9.50 Å². The molecule has 0 saturated heterocycles. The monoisotopic (exact) mass is 381 g/mol. The summed E-state index contributed by atoms with van der Waals surface area (Å²) in [4.78, 5) is 34.0.